The first-order valence-corrected chi connectivity index (χ1v) is 13.2. The van der Waals surface area contributed by atoms with Crippen LogP contribution in [-0.2, 0) is 11.2 Å². The minimum atomic E-state index is -4.69. The SMILES string of the molecule is CCc1nc2ccc(Cl)cn2c1C(=O)NCC1CCC2(CCN(c3ccc(OC(F)(F)F)cc3)CC2)CO1. The molecule has 0 saturated carbocycles. The largest absolute Gasteiger partial charge is 0.573 e. The number of benzene rings is 1. The van der Waals surface area contributed by atoms with E-state index >= 15 is 0 Å². The number of aryl methyl sites for hydroxylation is 1. The first kappa shape index (κ1) is 26.6. The summed E-state index contributed by atoms with van der Waals surface area (Å²) in [6.07, 6.45) is 1.32. The van der Waals surface area contributed by atoms with Crippen molar-refractivity contribution in [1.29, 1.82) is 0 Å². The second-order valence-corrected chi connectivity index (χ2v) is 10.5. The molecule has 38 heavy (non-hydrogen) atoms. The third-order valence-corrected chi connectivity index (χ3v) is 7.80. The van der Waals surface area contributed by atoms with Crippen LogP contribution in [0.2, 0.25) is 5.02 Å². The molecular weight excluding hydrogens is 521 g/mol. The van der Waals surface area contributed by atoms with Crippen molar-refractivity contribution in [2.75, 3.05) is 31.1 Å². The lowest BCUT2D eigenvalue weighted by Gasteiger charge is -2.46. The molecule has 204 valence electrons. The molecule has 7 nitrogen and oxygen atoms in total. The highest BCUT2D eigenvalue weighted by atomic mass is 35.5. The Morgan fingerprint density at radius 2 is 1.92 bits per heavy atom. The summed E-state index contributed by atoms with van der Waals surface area (Å²) in [6, 6.07) is 9.57. The van der Waals surface area contributed by atoms with Crippen molar-refractivity contribution in [3.8, 4) is 5.75 Å². The molecule has 2 aromatic heterocycles. The van der Waals surface area contributed by atoms with Gasteiger partial charge in [0.05, 0.1) is 23.4 Å². The molecule has 11 heteroatoms. The molecule has 4 heterocycles. The van der Waals surface area contributed by atoms with Gasteiger partial charge in [-0.05, 0) is 73.9 Å². The Balaban J connectivity index is 1.11. The van der Waals surface area contributed by atoms with Gasteiger partial charge in [-0.2, -0.15) is 0 Å². The van der Waals surface area contributed by atoms with Crippen LogP contribution in [0.5, 0.6) is 5.75 Å². The Kier molecular flexibility index (Phi) is 7.46. The fraction of sp³-hybridized carbons (Fsp3) is 0.481. The first-order valence-electron chi connectivity index (χ1n) is 12.8. The third kappa shape index (κ3) is 5.86. The van der Waals surface area contributed by atoms with Gasteiger partial charge in [-0.3, -0.25) is 9.20 Å². The van der Waals surface area contributed by atoms with Crippen LogP contribution in [0.1, 0.15) is 48.8 Å². The molecule has 1 aromatic carbocycles. The molecule has 5 rings (SSSR count). The number of imidazole rings is 1. The molecule has 1 atom stereocenters. The Morgan fingerprint density at radius 3 is 2.55 bits per heavy atom. The molecule has 0 bridgehead atoms. The fourth-order valence-corrected chi connectivity index (χ4v) is 5.58. The number of fused-ring (bicyclic) bond motifs is 1. The van der Waals surface area contributed by atoms with Gasteiger partial charge in [-0.25, -0.2) is 4.98 Å². The average molecular weight is 551 g/mol. The molecular formula is C27H30ClF3N4O3. The number of nitrogens with one attached hydrogen (secondary N) is 1. The van der Waals surface area contributed by atoms with Gasteiger partial charge in [0.25, 0.3) is 5.91 Å². The number of halogens is 4. The minimum Gasteiger partial charge on any atom is -0.406 e. The number of rotatable bonds is 6. The molecule has 0 radical (unpaired) electrons. The summed E-state index contributed by atoms with van der Waals surface area (Å²) >= 11 is 6.14. The molecule has 2 aliphatic rings. The van der Waals surface area contributed by atoms with Crippen molar-refractivity contribution < 1.29 is 27.4 Å². The smallest absolute Gasteiger partial charge is 0.406 e. The quantitative estimate of drug-likeness (QED) is 0.430. The summed E-state index contributed by atoms with van der Waals surface area (Å²) in [7, 11) is 0. The topological polar surface area (TPSA) is 68.1 Å². The number of carbonyl (C=O) groups excluding carboxylic acids is 1. The van der Waals surface area contributed by atoms with E-state index in [-0.39, 0.29) is 23.2 Å². The number of ether oxygens (including phenoxy) is 2. The first-order chi connectivity index (χ1) is 18.1. The average Bonchev–Trinajstić information content (AvgIpc) is 3.26. The van der Waals surface area contributed by atoms with E-state index in [4.69, 9.17) is 16.3 Å². The van der Waals surface area contributed by atoms with Crippen LogP contribution in [-0.4, -0.2) is 54.0 Å². The van der Waals surface area contributed by atoms with Gasteiger partial charge in [0.1, 0.15) is 17.1 Å². The van der Waals surface area contributed by atoms with Crippen molar-refractivity contribution in [1.82, 2.24) is 14.7 Å². The molecule has 0 aliphatic carbocycles. The Morgan fingerprint density at radius 1 is 1.18 bits per heavy atom. The number of nitrogens with zero attached hydrogens (tertiary/aromatic N) is 3. The molecule has 2 aliphatic heterocycles. The molecule has 2 saturated heterocycles. The van der Waals surface area contributed by atoms with Crippen LogP contribution in [0.3, 0.4) is 0 Å². The number of aromatic nitrogens is 2. The molecule has 1 unspecified atom stereocenters. The summed E-state index contributed by atoms with van der Waals surface area (Å²) < 4.78 is 49.1. The van der Waals surface area contributed by atoms with Gasteiger partial charge in [0.15, 0.2) is 0 Å². The lowest BCUT2D eigenvalue weighted by Crippen LogP contribution is -2.47. The van der Waals surface area contributed by atoms with E-state index < -0.39 is 6.36 Å². The van der Waals surface area contributed by atoms with Gasteiger partial charge >= 0.3 is 6.36 Å². The van der Waals surface area contributed by atoms with E-state index in [1.54, 1.807) is 34.9 Å². The van der Waals surface area contributed by atoms with Gasteiger partial charge in [0.2, 0.25) is 0 Å². The van der Waals surface area contributed by atoms with Gasteiger partial charge in [-0.15, -0.1) is 13.2 Å². The number of piperidine rings is 1. The lowest BCUT2D eigenvalue weighted by molar-refractivity contribution is -0.274. The third-order valence-electron chi connectivity index (χ3n) is 7.58. The van der Waals surface area contributed by atoms with Crippen molar-refractivity contribution in [2.24, 2.45) is 5.41 Å². The summed E-state index contributed by atoms with van der Waals surface area (Å²) in [5.41, 5.74) is 2.88. The number of alkyl halides is 3. The van der Waals surface area contributed by atoms with E-state index in [2.05, 4.69) is 19.9 Å². The van der Waals surface area contributed by atoms with Crippen LogP contribution in [0.25, 0.3) is 5.65 Å². The Bertz CT molecular complexity index is 1280. The minimum absolute atomic E-state index is 0.0587. The van der Waals surface area contributed by atoms with E-state index in [0.29, 0.717) is 35.9 Å². The standard InChI is InChI=1S/C27H30ClF3N4O3/c1-2-22-24(35-16-18(28)3-8-23(35)33-22)25(36)32-15-21-9-10-26(17-37-21)11-13-34(14-12-26)19-4-6-20(7-5-19)38-27(29,30)31/h3-8,16,21H,2,9-15,17H2,1H3,(H,32,36). The van der Waals surface area contributed by atoms with Gasteiger partial charge in [-0.1, -0.05) is 18.5 Å². The number of amides is 1. The second kappa shape index (κ2) is 10.6. The summed E-state index contributed by atoms with van der Waals surface area (Å²) in [5, 5.41) is 3.56. The predicted molar refractivity (Wildman–Crippen MR) is 138 cm³/mol. The summed E-state index contributed by atoms with van der Waals surface area (Å²) in [5.74, 6) is -0.412. The summed E-state index contributed by atoms with van der Waals surface area (Å²) in [6.45, 7) is 4.63. The Hall–Kier alpha value is -2.98. The van der Waals surface area contributed by atoms with Gasteiger partial charge < -0.3 is 19.7 Å². The lowest BCUT2D eigenvalue weighted by atomic mass is 9.73. The van der Waals surface area contributed by atoms with E-state index in [1.807, 2.05) is 6.92 Å². The van der Waals surface area contributed by atoms with Crippen molar-refractivity contribution in [3.63, 3.8) is 0 Å². The molecule has 3 aromatic rings. The van der Waals surface area contributed by atoms with E-state index in [9.17, 15) is 18.0 Å². The molecule has 2 fully saturated rings. The number of pyridine rings is 1. The monoisotopic (exact) mass is 550 g/mol. The second-order valence-electron chi connectivity index (χ2n) is 10.0. The number of carbonyl (C=O) groups is 1. The predicted octanol–water partition coefficient (Wildman–Crippen LogP) is 5.64. The number of hydrogen-bond donors (Lipinski definition) is 1. The molecule has 1 N–H and O–H groups in total. The molecule has 1 amide bonds. The van der Waals surface area contributed by atoms with Crippen molar-refractivity contribution in [2.45, 2.75) is 51.5 Å². The number of hydrogen-bond acceptors (Lipinski definition) is 5. The van der Waals surface area contributed by atoms with Crippen LogP contribution in [0, 0.1) is 5.41 Å². The van der Waals surface area contributed by atoms with Crippen LogP contribution in [0.15, 0.2) is 42.6 Å². The van der Waals surface area contributed by atoms with Gasteiger partial charge in [0, 0.05) is 31.5 Å². The van der Waals surface area contributed by atoms with Crippen LogP contribution < -0.4 is 15.0 Å². The maximum atomic E-state index is 13.1. The normalized spacial score (nSPS) is 19.6. The highest BCUT2D eigenvalue weighted by Crippen LogP contribution is 2.41. The zero-order valence-corrected chi connectivity index (χ0v) is 21.8. The number of anilines is 1. The molecule has 1 spiro atoms. The van der Waals surface area contributed by atoms with Crippen LogP contribution >= 0.6 is 11.6 Å². The zero-order valence-electron chi connectivity index (χ0n) is 21.1. The maximum absolute atomic E-state index is 13.1. The highest BCUT2D eigenvalue weighted by molar-refractivity contribution is 6.30. The van der Waals surface area contributed by atoms with Crippen molar-refractivity contribution in [3.05, 3.63) is 59.0 Å². The summed E-state index contributed by atoms with van der Waals surface area (Å²) in [4.78, 5) is 19.8. The maximum Gasteiger partial charge on any atom is 0.573 e. The highest BCUT2D eigenvalue weighted by Gasteiger charge is 2.39. The zero-order chi connectivity index (χ0) is 26.9. The van der Waals surface area contributed by atoms with Crippen LogP contribution in [0.4, 0.5) is 18.9 Å². The Labute approximate surface area is 223 Å². The fourth-order valence-electron chi connectivity index (χ4n) is 5.42. The van der Waals surface area contributed by atoms with Crippen molar-refractivity contribution >= 4 is 28.8 Å². The van der Waals surface area contributed by atoms with E-state index in [1.165, 1.54) is 12.1 Å². The van der Waals surface area contributed by atoms with E-state index in [0.717, 1.165) is 50.2 Å².